The van der Waals surface area contributed by atoms with Crippen molar-refractivity contribution in [1.29, 1.82) is 0 Å². The lowest BCUT2D eigenvalue weighted by Gasteiger charge is -2.15. The van der Waals surface area contributed by atoms with E-state index in [2.05, 4.69) is 25.6 Å². The van der Waals surface area contributed by atoms with E-state index in [9.17, 15) is 4.79 Å². The molecule has 5 N–H and O–H groups in total. The number of anilines is 4. The van der Waals surface area contributed by atoms with E-state index < -0.39 is 5.91 Å². The Kier molecular flexibility index (Phi) is 5.97. The van der Waals surface area contributed by atoms with Crippen LogP contribution in [-0.4, -0.2) is 32.6 Å². The number of primary amides is 1. The summed E-state index contributed by atoms with van der Waals surface area (Å²) in [6.45, 7) is 2.28. The van der Waals surface area contributed by atoms with Gasteiger partial charge < -0.3 is 26.2 Å². The van der Waals surface area contributed by atoms with E-state index in [0.717, 1.165) is 0 Å². The Morgan fingerprint density at radius 2 is 1.93 bits per heavy atom. The molecule has 9 nitrogen and oxygen atoms in total. The Hall–Kier alpha value is -3.72. The summed E-state index contributed by atoms with van der Waals surface area (Å²) < 4.78 is 5.58. The zero-order valence-corrected chi connectivity index (χ0v) is 15.2. The monoisotopic (exact) mass is 380 g/mol. The van der Waals surface area contributed by atoms with Crippen molar-refractivity contribution in [3.8, 4) is 5.75 Å². The lowest BCUT2D eigenvalue weighted by Crippen LogP contribution is -2.14. The number of aliphatic hydroxyl groups excluding tert-OH is 1. The van der Waals surface area contributed by atoms with E-state index in [1.807, 2.05) is 6.92 Å². The number of amides is 1. The first-order valence-electron chi connectivity index (χ1n) is 8.57. The van der Waals surface area contributed by atoms with Crippen molar-refractivity contribution in [3.05, 3.63) is 60.2 Å². The van der Waals surface area contributed by atoms with Gasteiger partial charge in [0.25, 0.3) is 5.91 Å². The fourth-order valence-electron chi connectivity index (χ4n) is 2.45. The number of nitrogens with zero attached hydrogens (tertiary/aromatic N) is 3. The number of pyridine rings is 3. The molecule has 3 heterocycles. The van der Waals surface area contributed by atoms with Crippen molar-refractivity contribution in [2.24, 2.45) is 5.73 Å². The van der Waals surface area contributed by atoms with E-state index >= 15 is 0 Å². The molecular weight excluding hydrogens is 360 g/mol. The van der Waals surface area contributed by atoms with Gasteiger partial charge in [0, 0.05) is 30.7 Å². The van der Waals surface area contributed by atoms with Crippen molar-refractivity contribution in [3.63, 3.8) is 0 Å². The third-order valence-corrected chi connectivity index (χ3v) is 3.78. The molecule has 0 spiro atoms. The minimum Gasteiger partial charge on any atom is -0.492 e. The van der Waals surface area contributed by atoms with Crippen molar-refractivity contribution >= 4 is 28.9 Å². The van der Waals surface area contributed by atoms with Crippen LogP contribution in [0.15, 0.2) is 49.1 Å². The van der Waals surface area contributed by atoms with E-state index in [4.69, 9.17) is 15.6 Å². The first-order valence-corrected chi connectivity index (χ1v) is 8.57. The van der Waals surface area contributed by atoms with Gasteiger partial charge >= 0.3 is 0 Å². The second kappa shape index (κ2) is 8.78. The van der Waals surface area contributed by atoms with Crippen LogP contribution in [0.2, 0.25) is 0 Å². The number of aliphatic hydroxyl groups is 1. The average molecular weight is 380 g/mol. The van der Waals surface area contributed by atoms with Crippen molar-refractivity contribution < 1.29 is 14.6 Å². The molecular formula is C19H20N6O3. The highest BCUT2D eigenvalue weighted by atomic mass is 16.5. The van der Waals surface area contributed by atoms with Gasteiger partial charge in [-0.3, -0.25) is 9.78 Å². The molecule has 0 unspecified atom stereocenters. The Labute approximate surface area is 161 Å². The molecule has 0 saturated heterocycles. The van der Waals surface area contributed by atoms with Gasteiger partial charge in [-0.2, -0.15) is 0 Å². The van der Waals surface area contributed by atoms with Crippen LogP contribution in [0.4, 0.5) is 23.0 Å². The summed E-state index contributed by atoms with van der Waals surface area (Å²) in [5, 5.41) is 15.3. The van der Waals surface area contributed by atoms with Crippen molar-refractivity contribution in [2.45, 2.75) is 13.5 Å². The Morgan fingerprint density at radius 1 is 1.11 bits per heavy atom. The number of aromatic nitrogens is 3. The van der Waals surface area contributed by atoms with Crippen LogP contribution in [0.5, 0.6) is 5.75 Å². The van der Waals surface area contributed by atoms with Crippen LogP contribution < -0.4 is 21.1 Å². The van der Waals surface area contributed by atoms with Crippen LogP contribution in [0.1, 0.15) is 22.8 Å². The van der Waals surface area contributed by atoms with Crippen LogP contribution in [0.3, 0.4) is 0 Å². The van der Waals surface area contributed by atoms with E-state index in [1.165, 1.54) is 6.20 Å². The molecule has 0 aliphatic carbocycles. The summed E-state index contributed by atoms with van der Waals surface area (Å²) >= 11 is 0. The van der Waals surface area contributed by atoms with Gasteiger partial charge in [0.2, 0.25) is 0 Å². The van der Waals surface area contributed by atoms with Crippen LogP contribution in [0.25, 0.3) is 0 Å². The number of nitrogens with one attached hydrogen (secondary N) is 2. The number of rotatable bonds is 8. The predicted molar refractivity (Wildman–Crippen MR) is 105 cm³/mol. The molecule has 3 aromatic heterocycles. The Morgan fingerprint density at radius 3 is 2.61 bits per heavy atom. The second-order valence-electron chi connectivity index (χ2n) is 5.74. The van der Waals surface area contributed by atoms with Gasteiger partial charge in [-0.1, -0.05) is 6.07 Å². The highest BCUT2D eigenvalue weighted by molar-refractivity contribution is 5.99. The third kappa shape index (κ3) is 4.51. The van der Waals surface area contributed by atoms with Crippen molar-refractivity contribution in [2.75, 3.05) is 17.2 Å². The first-order chi connectivity index (χ1) is 13.6. The topological polar surface area (TPSA) is 135 Å². The van der Waals surface area contributed by atoms with Crippen LogP contribution >= 0.6 is 0 Å². The van der Waals surface area contributed by atoms with E-state index in [0.29, 0.717) is 40.9 Å². The summed E-state index contributed by atoms with van der Waals surface area (Å²) in [6.07, 6.45) is 6.15. The molecule has 3 aromatic rings. The summed E-state index contributed by atoms with van der Waals surface area (Å²) in [7, 11) is 0. The summed E-state index contributed by atoms with van der Waals surface area (Å²) in [5.74, 6) is 0.979. The van der Waals surface area contributed by atoms with E-state index in [-0.39, 0.29) is 12.2 Å². The van der Waals surface area contributed by atoms with Crippen LogP contribution in [0, 0.1) is 0 Å². The summed E-state index contributed by atoms with van der Waals surface area (Å²) in [5.41, 5.74) is 7.44. The minimum absolute atomic E-state index is 0.0832. The quantitative estimate of drug-likeness (QED) is 0.468. The van der Waals surface area contributed by atoms with Gasteiger partial charge in [-0.05, 0) is 18.6 Å². The van der Waals surface area contributed by atoms with Gasteiger partial charge in [0.15, 0.2) is 0 Å². The Bertz CT molecular complexity index is 962. The molecule has 3 rings (SSSR count). The minimum atomic E-state index is -0.617. The summed E-state index contributed by atoms with van der Waals surface area (Å²) in [6, 6.07) is 6.83. The first kappa shape index (κ1) is 19.1. The second-order valence-corrected chi connectivity index (χ2v) is 5.74. The lowest BCUT2D eigenvalue weighted by atomic mass is 10.2. The molecule has 144 valence electrons. The van der Waals surface area contributed by atoms with Crippen molar-refractivity contribution in [1.82, 2.24) is 15.0 Å². The molecule has 0 atom stereocenters. The fourth-order valence-corrected chi connectivity index (χ4v) is 2.45. The zero-order valence-electron chi connectivity index (χ0n) is 15.2. The molecule has 0 saturated carbocycles. The maximum atomic E-state index is 11.8. The SMILES string of the molecule is CCOc1ccncc1Nc1cc(Nc2ccc(CO)cn2)ncc1C(N)=O. The lowest BCUT2D eigenvalue weighted by molar-refractivity contribution is 0.100. The normalized spacial score (nSPS) is 10.4. The summed E-state index contributed by atoms with van der Waals surface area (Å²) in [4.78, 5) is 24.3. The van der Waals surface area contributed by atoms with Gasteiger partial charge in [0.1, 0.15) is 17.4 Å². The number of hydrogen-bond donors (Lipinski definition) is 4. The number of carbonyl (C=O) groups excluding carboxylic acids is 1. The third-order valence-electron chi connectivity index (χ3n) is 3.78. The van der Waals surface area contributed by atoms with Gasteiger partial charge in [-0.25, -0.2) is 9.97 Å². The molecule has 0 bridgehead atoms. The van der Waals surface area contributed by atoms with Crippen LogP contribution in [-0.2, 0) is 6.61 Å². The van der Waals surface area contributed by atoms with Gasteiger partial charge in [0.05, 0.1) is 36.3 Å². The molecule has 0 aliphatic heterocycles. The molecule has 0 aromatic carbocycles. The maximum Gasteiger partial charge on any atom is 0.252 e. The highest BCUT2D eigenvalue weighted by Gasteiger charge is 2.13. The largest absolute Gasteiger partial charge is 0.492 e. The van der Waals surface area contributed by atoms with E-state index in [1.54, 1.807) is 42.9 Å². The number of nitrogens with two attached hydrogens (primary N) is 1. The highest BCUT2D eigenvalue weighted by Crippen LogP contribution is 2.29. The molecule has 0 aliphatic rings. The van der Waals surface area contributed by atoms with Gasteiger partial charge in [-0.15, -0.1) is 0 Å². The number of ether oxygens (including phenoxy) is 1. The molecule has 1 amide bonds. The zero-order chi connectivity index (χ0) is 19.9. The molecule has 9 heteroatoms. The molecule has 0 fully saturated rings. The number of hydrogen-bond acceptors (Lipinski definition) is 8. The average Bonchev–Trinajstić information content (AvgIpc) is 2.70. The molecule has 0 radical (unpaired) electrons. The standard InChI is InChI=1S/C19H20N6O3/c1-2-28-16-5-6-21-10-15(16)24-14-7-18(23-9-13(14)19(20)27)25-17-4-3-12(11-26)8-22-17/h3-10,26H,2,11H2,1H3,(H2,20,27)(H2,22,23,24,25). The number of carbonyl (C=O) groups is 1. The predicted octanol–water partition coefficient (Wildman–Crippen LogP) is 2.35. The smallest absolute Gasteiger partial charge is 0.252 e. The fraction of sp³-hybridized carbons (Fsp3) is 0.158. The maximum absolute atomic E-state index is 11.8. The molecule has 28 heavy (non-hydrogen) atoms. The Balaban J connectivity index is 1.90.